The summed E-state index contributed by atoms with van der Waals surface area (Å²) < 4.78 is 0. The molecule has 0 radical (unpaired) electrons. The summed E-state index contributed by atoms with van der Waals surface area (Å²) in [5, 5.41) is 9.65. The fourth-order valence-corrected chi connectivity index (χ4v) is 1.95. The standard InChI is InChI=1S/C11H15NO/c1-12-7-3-5-10-9(8-12)4-2-6-11(10)13/h2,4,6,13H,3,5,7-8H2,1H3. The lowest BCUT2D eigenvalue weighted by atomic mass is 10.0. The van der Waals surface area contributed by atoms with Crippen LogP contribution in [-0.2, 0) is 13.0 Å². The van der Waals surface area contributed by atoms with Gasteiger partial charge in [0.2, 0.25) is 0 Å². The Morgan fingerprint density at radius 3 is 3.08 bits per heavy atom. The van der Waals surface area contributed by atoms with E-state index in [1.807, 2.05) is 6.07 Å². The first-order valence-electron chi connectivity index (χ1n) is 4.75. The van der Waals surface area contributed by atoms with Gasteiger partial charge in [-0.2, -0.15) is 0 Å². The molecular weight excluding hydrogens is 162 g/mol. The summed E-state index contributed by atoms with van der Waals surface area (Å²) in [5.41, 5.74) is 2.42. The maximum absolute atomic E-state index is 9.65. The van der Waals surface area contributed by atoms with Gasteiger partial charge in [0.25, 0.3) is 0 Å². The van der Waals surface area contributed by atoms with Crippen molar-refractivity contribution in [1.82, 2.24) is 4.90 Å². The van der Waals surface area contributed by atoms with Crippen molar-refractivity contribution in [2.24, 2.45) is 0 Å². The highest BCUT2D eigenvalue weighted by molar-refractivity contribution is 5.39. The summed E-state index contributed by atoms with van der Waals surface area (Å²) in [6.45, 7) is 2.08. The zero-order valence-corrected chi connectivity index (χ0v) is 7.95. The highest BCUT2D eigenvalue weighted by atomic mass is 16.3. The van der Waals surface area contributed by atoms with E-state index in [1.54, 1.807) is 6.07 Å². The Kier molecular flexibility index (Phi) is 2.23. The Labute approximate surface area is 78.8 Å². The van der Waals surface area contributed by atoms with Crippen molar-refractivity contribution in [1.29, 1.82) is 0 Å². The van der Waals surface area contributed by atoms with Crippen LogP contribution in [0.25, 0.3) is 0 Å². The lowest BCUT2D eigenvalue weighted by Gasteiger charge is -2.13. The molecule has 0 atom stereocenters. The van der Waals surface area contributed by atoms with E-state index >= 15 is 0 Å². The molecule has 0 aromatic heterocycles. The van der Waals surface area contributed by atoms with Crippen molar-refractivity contribution < 1.29 is 5.11 Å². The van der Waals surface area contributed by atoms with Gasteiger partial charge in [-0.25, -0.2) is 0 Å². The molecule has 2 nitrogen and oxygen atoms in total. The van der Waals surface area contributed by atoms with Crippen LogP contribution in [0.5, 0.6) is 5.75 Å². The van der Waals surface area contributed by atoms with Crippen LogP contribution in [0.4, 0.5) is 0 Å². The Morgan fingerprint density at radius 2 is 2.23 bits per heavy atom. The van der Waals surface area contributed by atoms with E-state index in [0.717, 1.165) is 31.5 Å². The van der Waals surface area contributed by atoms with Gasteiger partial charge < -0.3 is 10.0 Å². The summed E-state index contributed by atoms with van der Waals surface area (Å²) >= 11 is 0. The second-order valence-electron chi connectivity index (χ2n) is 3.76. The van der Waals surface area contributed by atoms with Crippen molar-refractivity contribution in [2.45, 2.75) is 19.4 Å². The SMILES string of the molecule is CN1CCCc2c(O)cccc2C1. The van der Waals surface area contributed by atoms with E-state index in [9.17, 15) is 5.11 Å². The summed E-state index contributed by atoms with van der Waals surface area (Å²) in [6.07, 6.45) is 2.15. The number of benzene rings is 1. The Balaban J connectivity index is 2.39. The average molecular weight is 177 g/mol. The van der Waals surface area contributed by atoms with Gasteiger partial charge in [-0.1, -0.05) is 12.1 Å². The van der Waals surface area contributed by atoms with Crippen LogP contribution in [-0.4, -0.2) is 23.6 Å². The van der Waals surface area contributed by atoms with Gasteiger partial charge in [0.1, 0.15) is 5.75 Å². The van der Waals surface area contributed by atoms with Crippen molar-refractivity contribution in [3.8, 4) is 5.75 Å². The Bertz CT molecular complexity index is 309. The number of nitrogens with zero attached hydrogens (tertiary/aromatic N) is 1. The molecule has 1 heterocycles. The first-order valence-corrected chi connectivity index (χ1v) is 4.75. The number of rotatable bonds is 0. The Hall–Kier alpha value is -1.02. The predicted octanol–water partition coefficient (Wildman–Crippen LogP) is 1.77. The molecule has 1 aliphatic rings. The summed E-state index contributed by atoms with van der Waals surface area (Å²) in [7, 11) is 2.12. The zero-order chi connectivity index (χ0) is 9.26. The molecular formula is C11H15NO. The molecule has 0 aliphatic carbocycles. The average Bonchev–Trinajstić information content (AvgIpc) is 2.27. The van der Waals surface area contributed by atoms with Crippen molar-refractivity contribution in [3.05, 3.63) is 29.3 Å². The van der Waals surface area contributed by atoms with Crippen LogP contribution in [0, 0.1) is 0 Å². The maximum Gasteiger partial charge on any atom is 0.119 e. The number of hydrogen-bond donors (Lipinski definition) is 1. The predicted molar refractivity (Wildman–Crippen MR) is 52.8 cm³/mol. The second kappa shape index (κ2) is 3.38. The van der Waals surface area contributed by atoms with Gasteiger partial charge in [-0.3, -0.25) is 0 Å². The minimum absolute atomic E-state index is 0.466. The lowest BCUT2D eigenvalue weighted by Crippen LogP contribution is -2.16. The van der Waals surface area contributed by atoms with Gasteiger partial charge in [-0.15, -0.1) is 0 Å². The summed E-state index contributed by atoms with van der Waals surface area (Å²) in [4.78, 5) is 2.30. The van der Waals surface area contributed by atoms with E-state index in [4.69, 9.17) is 0 Å². The summed E-state index contributed by atoms with van der Waals surface area (Å²) in [6, 6.07) is 5.81. The van der Waals surface area contributed by atoms with Gasteiger partial charge in [-0.05, 0) is 43.6 Å². The van der Waals surface area contributed by atoms with Crippen LogP contribution in [0.15, 0.2) is 18.2 Å². The van der Waals surface area contributed by atoms with Crippen LogP contribution in [0.1, 0.15) is 17.5 Å². The van der Waals surface area contributed by atoms with E-state index in [-0.39, 0.29) is 0 Å². The smallest absolute Gasteiger partial charge is 0.119 e. The van der Waals surface area contributed by atoms with E-state index in [0.29, 0.717) is 5.75 Å². The molecule has 1 aromatic carbocycles. The molecule has 0 saturated heterocycles. The van der Waals surface area contributed by atoms with Crippen molar-refractivity contribution in [3.63, 3.8) is 0 Å². The third-order valence-electron chi connectivity index (χ3n) is 2.66. The number of aromatic hydroxyl groups is 1. The van der Waals surface area contributed by atoms with Gasteiger partial charge in [0.15, 0.2) is 0 Å². The lowest BCUT2D eigenvalue weighted by molar-refractivity contribution is 0.332. The normalized spacial score (nSPS) is 17.9. The first kappa shape index (κ1) is 8.57. The summed E-state index contributed by atoms with van der Waals surface area (Å²) in [5.74, 6) is 0.466. The molecule has 1 aliphatic heterocycles. The quantitative estimate of drug-likeness (QED) is 0.653. The fourth-order valence-electron chi connectivity index (χ4n) is 1.95. The van der Waals surface area contributed by atoms with Gasteiger partial charge in [0, 0.05) is 6.54 Å². The zero-order valence-electron chi connectivity index (χ0n) is 7.95. The molecule has 1 N–H and O–H groups in total. The fraction of sp³-hybridized carbons (Fsp3) is 0.455. The van der Waals surface area contributed by atoms with E-state index < -0.39 is 0 Å². The van der Waals surface area contributed by atoms with Crippen LogP contribution < -0.4 is 0 Å². The minimum Gasteiger partial charge on any atom is -0.508 e. The molecule has 0 amide bonds. The number of phenols is 1. The molecule has 0 unspecified atom stereocenters. The number of hydrogen-bond acceptors (Lipinski definition) is 2. The van der Waals surface area contributed by atoms with Crippen LogP contribution in [0.3, 0.4) is 0 Å². The molecule has 2 heteroatoms. The minimum atomic E-state index is 0.466. The first-order chi connectivity index (χ1) is 6.27. The maximum atomic E-state index is 9.65. The molecule has 1 aromatic rings. The molecule has 0 spiro atoms. The van der Waals surface area contributed by atoms with Crippen molar-refractivity contribution >= 4 is 0 Å². The van der Waals surface area contributed by atoms with Gasteiger partial charge >= 0.3 is 0 Å². The Morgan fingerprint density at radius 1 is 1.38 bits per heavy atom. The highest BCUT2D eigenvalue weighted by Gasteiger charge is 2.13. The largest absolute Gasteiger partial charge is 0.508 e. The van der Waals surface area contributed by atoms with Gasteiger partial charge in [0.05, 0.1) is 0 Å². The number of fused-ring (bicyclic) bond motifs is 1. The van der Waals surface area contributed by atoms with E-state index in [1.165, 1.54) is 5.56 Å². The molecule has 70 valence electrons. The molecule has 0 saturated carbocycles. The topological polar surface area (TPSA) is 23.5 Å². The molecule has 2 rings (SSSR count). The monoisotopic (exact) mass is 177 g/mol. The third-order valence-corrected chi connectivity index (χ3v) is 2.66. The number of phenolic OH excluding ortho intramolecular Hbond substituents is 1. The van der Waals surface area contributed by atoms with Crippen LogP contribution in [0.2, 0.25) is 0 Å². The van der Waals surface area contributed by atoms with Crippen LogP contribution >= 0.6 is 0 Å². The second-order valence-corrected chi connectivity index (χ2v) is 3.76. The molecule has 0 fully saturated rings. The van der Waals surface area contributed by atoms with Crippen molar-refractivity contribution in [2.75, 3.05) is 13.6 Å². The molecule has 13 heavy (non-hydrogen) atoms. The highest BCUT2D eigenvalue weighted by Crippen LogP contribution is 2.25. The third kappa shape index (κ3) is 1.68. The molecule has 0 bridgehead atoms. The van der Waals surface area contributed by atoms with E-state index in [2.05, 4.69) is 18.0 Å².